The van der Waals surface area contributed by atoms with E-state index < -0.39 is 5.97 Å². The van der Waals surface area contributed by atoms with Gasteiger partial charge in [-0.2, -0.15) is 0 Å². The van der Waals surface area contributed by atoms with E-state index in [1.807, 2.05) is 31.4 Å². The van der Waals surface area contributed by atoms with E-state index in [1.54, 1.807) is 18.3 Å². The van der Waals surface area contributed by atoms with Gasteiger partial charge in [-0.1, -0.05) is 32.0 Å². The Labute approximate surface area is 152 Å². The summed E-state index contributed by atoms with van der Waals surface area (Å²) in [5.41, 5.74) is 3.17. The lowest BCUT2D eigenvalue weighted by atomic mass is 9.98. The van der Waals surface area contributed by atoms with Crippen LogP contribution in [0.1, 0.15) is 41.3 Å². The zero-order chi connectivity index (χ0) is 18.4. The van der Waals surface area contributed by atoms with E-state index in [1.165, 1.54) is 11.8 Å². The van der Waals surface area contributed by atoms with Gasteiger partial charge in [0, 0.05) is 11.9 Å². The first-order valence-electron chi connectivity index (χ1n) is 7.99. The number of hydrogen-bond acceptors (Lipinski definition) is 5. The second-order valence-electron chi connectivity index (χ2n) is 5.88. The molecule has 1 amide bonds. The maximum absolute atomic E-state index is 12.2. The molecule has 0 aliphatic heterocycles. The first-order valence-corrected chi connectivity index (χ1v) is 9.22. The summed E-state index contributed by atoms with van der Waals surface area (Å²) < 4.78 is 5.14. The molecule has 6 heteroatoms. The molecular weight excluding hydrogens is 336 g/mol. The summed E-state index contributed by atoms with van der Waals surface area (Å²) in [6, 6.07) is 9.19. The zero-order valence-electron chi connectivity index (χ0n) is 14.8. The molecule has 5 nitrogen and oxygen atoms in total. The predicted octanol–water partition coefficient (Wildman–Crippen LogP) is 4.03. The Hall–Kier alpha value is -2.34. The minimum Gasteiger partial charge on any atom is -0.452 e. The number of thioether (sulfide) groups is 1. The van der Waals surface area contributed by atoms with Crippen LogP contribution in [0.15, 0.2) is 41.6 Å². The fourth-order valence-electron chi connectivity index (χ4n) is 2.44. The molecule has 0 aliphatic carbocycles. The molecule has 0 saturated heterocycles. The van der Waals surface area contributed by atoms with Crippen LogP contribution in [0, 0.1) is 6.92 Å². The molecule has 2 rings (SSSR count). The highest BCUT2D eigenvalue weighted by Gasteiger charge is 2.16. The number of hydrogen-bond donors (Lipinski definition) is 1. The summed E-state index contributed by atoms with van der Waals surface area (Å²) >= 11 is 1.36. The van der Waals surface area contributed by atoms with E-state index in [9.17, 15) is 9.59 Å². The number of nitrogens with one attached hydrogen (secondary N) is 1. The molecule has 0 atom stereocenters. The van der Waals surface area contributed by atoms with Crippen molar-refractivity contribution in [1.82, 2.24) is 4.98 Å². The van der Waals surface area contributed by atoms with Gasteiger partial charge in [0.05, 0.1) is 5.56 Å². The molecule has 25 heavy (non-hydrogen) atoms. The van der Waals surface area contributed by atoms with E-state index in [0.717, 1.165) is 16.8 Å². The average Bonchev–Trinajstić information content (AvgIpc) is 2.61. The van der Waals surface area contributed by atoms with Gasteiger partial charge in [-0.3, -0.25) is 4.79 Å². The molecule has 1 aromatic carbocycles. The monoisotopic (exact) mass is 358 g/mol. The smallest absolute Gasteiger partial charge is 0.341 e. The van der Waals surface area contributed by atoms with E-state index in [-0.39, 0.29) is 18.4 Å². The number of para-hydroxylation sites is 1. The lowest BCUT2D eigenvalue weighted by Crippen LogP contribution is -2.22. The summed E-state index contributed by atoms with van der Waals surface area (Å²) in [7, 11) is 0. The molecule has 1 heterocycles. The van der Waals surface area contributed by atoms with Crippen LogP contribution < -0.4 is 5.32 Å². The van der Waals surface area contributed by atoms with Crippen LogP contribution in [0.4, 0.5) is 5.69 Å². The molecule has 0 fully saturated rings. The molecule has 1 N–H and O–H groups in total. The van der Waals surface area contributed by atoms with Crippen molar-refractivity contribution >= 4 is 29.3 Å². The number of anilines is 1. The van der Waals surface area contributed by atoms with Gasteiger partial charge in [0.1, 0.15) is 5.03 Å². The molecule has 0 radical (unpaired) electrons. The maximum Gasteiger partial charge on any atom is 0.341 e. The summed E-state index contributed by atoms with van der Waals surface area (Å²) in [5.74, 6) is -0.641. The summed E-state index contributed by atoms with van der Waals surface area (Å²) in [5, 5.41) is 3.44. The number of esters is 1. The minimum absolute atomic E-state index is 0.275. The molecule has 1 aromatic heterocycles. The van der Waals surface area contributed by atoms with Crippen LogP contribution in [0.3, 0.4) is 0 Å². The lowest BCUT2D eigenvalue weighted by Gasteiger charge is -2.16. The number of aryl methyl sites for hydroxylation is 1. The second-order valence-corrected chi connectivity index (χ2v) is 6.67. The molecule has 0 saturated carbocycles. The number of carbonyl (C=O) groups is 2. The Kier molecular flexibility index (Phi) is 6.58. The van der Waals surface area contributed by atoms with E-state index in [2.05, 4.69) is 24.1 Å². The molecule has 0 unspecified atom stereocenters. The van der Waals surface area contributed by atoms with Crippen LogP contribution in [-0.4, -0.2) is 29.7 Å². The highest BCUT2D eigenvalue weighted by atomic mass is 32.2. The third-order valence-corrected chi connectivity index (χ3v) is 4.42. The second kappa shape index (κ2) is 8.67. The van der Waals surface area contributed by atoms with Gasteiger partial charge in [-0.15, -0.1) is 11.8 Å². The van der Waals surface area contributed by atoms with Crippen molar-refractivity contribution in [1.29, 1.82) is 0 Å². The van der Waals surface area contributed by atoms with E-state index in [4.69, 9.17) is 4.74 Å². The SMILES string of the molecule is CSc1ncccc1C(=O)OCC(=O)Nc1c(C)cccc1C(C)C. The first kappa shape index (κ1) is 19.0. The van der Waals surface area contributed by atoms with Crippen molar-refractivity contribution in [2.24, 2.45) is 0 Å². The van der Waals surface area contributed by atoms with Crippen molar-refractivity contribution < 1.29 is 14.3 Å². The fraction of sp³-hybridized carbons (Fsp3) is 0.316. The highest BCUT2D eigenvalue weighted by Crippen LogP contribution is 2.27. The largest absolute Gasteiger partial charge is 0.452 e. The van der Waals surface area contributed by atoms with Crippen molar-refractivity contribution in [3.63, 3.8) is 0 Å². The zero-order valence-corrected chi connectivity index (χ0v) is 15.6. The fourth-order valence-corrected chi connectivity index (χ4v) is 2.97. The normalized spacial score (nSPS) is 10.6. The number of nitrogens with zero attached hydrogens (tertiary/aromatic N) is 1. The molecular formula is C19H22N2O3S. The first-order chi connectivity index (χ1) is 11.9. The van der Waals surface area contributed by atoms with Crippen LogP contribution in [0.25, 0.3) is 0 Å². The maximum atomic E-state index is 12.2. The van der Waals surface area contributed by atoms with Gasteiger partial charge in [-0.05, 0) is 42.4 Å². The van der Waals surface area contributed by atoms with Crippen LogP contribution in [-0.2, 0) is 9.53 Å². The number of carbonyl (C=O) groups excluding carboxylic acids is 2. The third-order valence-electron chi connectivity index (χ3n) is 3.71. The number of ether oxygens (including phenoxy) is 1. The average molecular weight is 358 g/mol. The summed E-state index contributed by atoms with van der Waals surface area (Å²) in [6.07, 6.45) is 3.44. The van der Waals surface area contributed by atoms with Gasteiger partial charge in [0.25, 0.3) is 5.91 Å². The number of amides is 1. The van der Waals surface area contributed by atoms with Gasteiger partial charge in [-0.25, -0.2) is 9.78 Å². The third kappa shape index (κ3) is 4.82. The number of pyridine rings is 1. The van der Waals surface area contributed by atoms with E-state index in [0.29, 0.717) is 10.6 Å². The molecule has 132 valence electrons. The minimum atomic E-state index is -0.554. The van der Waals surface area contributed by atoms with Gasteiger partial charge < -0.3 is 10.1 Å². The van der Waals surface area contributed by atoms with Crippen LogP contribution in [0.5, 0.6) is 0 Å². The Bertz CT molecular complexity index is 775. The Morgan fingerprint density at radius 1 is 1.24 bits per heavy atom. The molecule has 0 spiro atoms. The van der Waals surface area contributed by atoms with Gasteiger partial charge in [0.15, 0.2) is 6.61 Å². The van der Waals surface area contributed by atoms with Crippen molar-refractivity contribution in [3.05, 3.63) is 53.2 Å². The van der Waals surface area contributed by atoms with Crippen LogP contribution in [0.2, 0.25) is 0 Å². The molecule has 2 aromatic rings. The Morgan fingerprint density at radius 2 is 2.00 bits per heavy atom. The van der Waals surface area contributed by atoms with Crippen molar-refractivity contribution in [3.8, 4) is 0 Å². The summed E-state index contributed by atoms with van der Waals surface area (Å²) in [4.78, 5) is 28.5. The number of rotatable bonds is 6. The molecule has 0 aliphatic rings. The summed E-state index contributed by atoms with van der Waals surface area (Å²) in [6.45, 7) is 5.73. The lowest BCUT2D eigenvalue weighted by molar-refractivity contribution is -0.119. The molecule has 0 bridgehead atoms. The van der Waals surface area contributed by atoms with Crippen molar-refractivity contribution in [2.45, 2.75) is 31.7 Å². The Morgan fingerprint density at radius 3 is 2.68 bits per heavy atom. The van der Waals surface area contributed by atoms with E-state index >= 15 is 0 Å². The number of aromatic nitrogens is 1. The highest BCUT2D eigenvalue weighted by molar-refractivity contribution is 7.98. The standard InChI is InChI=1S/C19H22N2O3S/c1-12(2)14-8-5-7-13(3)17(14)21-16(22)11-24-19(23)15-9-6-10-20-18(15)25-4/h5-10,12H,11H2,1-4H3,(H,21,22). The Balaban J connectivity index is 2.03. The van der Waals surface area contributed by atoms with Crippen molar-refractivity contribution in [2.75, 3.05) is 18.2 Å². The predicted molar refractivity (Wildman–Crippen MR) is 100 cm³/mol. The van der Waals surface area contributed by atoms with Gasteiger partial charge in [0.2, 0.25) is 0 Å². The quantitative estimate of drug-likeness (QED) is 0.624. The van der Waals surface area contributed by atoms with Gasteiger partial charge >= 0.3 is 5.97 Å². The van der Waals surface area contributed by atoms with Crippen LogP contribution >= 0.6 is 11.8 Å². The number of benzene rings is 1. The topological polar surface area (TPSA) is 68.3 Å².